The second kappa shape index (κ2) is 6.95. The Hall–Kier alpha value is -1.26. The van der Waals surface area contributed by atoms with Crippen molar-refractivity contribution in [2.75, 3.05) is 13.1 Å². The van der Waals surface area contributed by atoms with Crippen LogP contribution in [0.15, 0.2) is 0 Å². The summed E-state index contributed by atoms with van der Waals surface area (Å²) < 4.78 is 0. The van der Waals surface area contributed by atoms with E-state index in [0.29, 0.717) is 13.1 Å². The van der Waals surface area contributed by atoms with Crippen LogP contribution in [-0.4, -0.2) is 41.5 Å². The van der Waals surface area contributed by atoms with E-state index >= 15 is 0 Å². The van der Waals surface area contributed by atoms with Crippen LogP contribution >= 0.6 is 0 Å². The smallest absolute Gasteiger partial charge is 0.315 e. The molecule has 0 aliphatic heterocycles. The van der Waals surface area contributed by atoms with E-state index < -0.39 is 6.04 Å². The fourth-order valence-electron chi connectivity index (χ4n) is 1.87. The molecule has 0 aromatic rings. The zero-order chi connectivity index (χ0) is 16.1. The number of nitrogens with one attached hydrogen (secondary N) is 2. The van der Waals surface area contributed by atoms with Crippen LogP contribution < -0.4 is 10.6 Å². The number of carbonyl (C=O) groups excluding carboxylic acids is 2. The number of hydrogen-bond acceptors (Lipinski definition) is 2. The van der Waals surface area contributed by atoms with E-state index in [1.165, 1.54) is 0 Å². The summed E-state index contributed by atoms with van der Waals surface area (Å²) >= 11 is 0. The number of carbonyl (C=O) groups is 2. The predicted molar refractivity (Wildman–Crippen MR) is 82.6 cm³/mol. The summed E-state index contributed by atoms with van der Waals surface area (Å²) in [5.74, 6) is -0.0356. The molecule has 0 aromatic heterocycles. The first-order chi connectivity index (χ1) is 8.92. The van der Waals surface area contributed by atoms with Gasteiger partial charge in [0.1, 0.15) is 6.04 Å². The maximum atomic E-state index is 12.5. The molecule has 0 saturated heterocycles. The lowest BCUT2D eigenvalue weighted by Gasteiger charge is -2.35. The molecule has 0 heterocycles. The first-order valence-corrected chi connectivity index (χ1v) is 7.29. The zero-order valence-electron chi connectivity index (χ0n) is 14.3. The van der Waals surface area contributed by atoms with Gasteiger partial charge in [0.05, 0.1) is 0 Å². The highest BCUT2D eigenvalue weighted by molar-refractivity contribution is 5.88. The van der Waals surface area contributed by atoms with Crippen molar-refractivity contribution in [1.29, 1.82) is 0 Å². The van der Waals surface area contributed by atoms with Gasteiger partial charge >= 0.3 is 6.03 Å². The number of rotatable bonds is 4. The zero-order valence-corrected chi connectivity index (χ0v) is 14.3. The highest BCUT2D eigenvalue weighted by Crippen LogP contribution is 2.21. The van der Waals surface area contributed by atoms with E-state index in [0.717, 1.165) is 0 Å². The topological polar surface area (TPSA) is 61.4 Å². The molecule has 5 heteroatoms. The molecule has 3 amide bonds. The summed E-state index contributed by atoms with van der Waals surface area (Å²) in [5.41, 5.74) is -0.667. The minimum Gasteiger partial charge on any atom is -0.341 e. The predicted octanol–water partition coefficient (Wildman–Crippen LogP) is 2.37. The van der Waals surface area contributed by atoms with Crippen LogP contribution in [0.3, 0.4) is 0 Å². The average Bonchev–Trinajstić information content (AvgIpc) is 2.23. The Kier molecular flexibility index (Phi) is 6.51. The lowest BCUT2D eigenvalue weighted by Crippen LogP contribution is -2.58. The van der Waals surface area contributed by atoms with Gasteiger partial charge in [0.25, 0.3) is 0 Å². The third-order valence-electron chi connectivity index (χ3n) is 2.95. The van der Waals surface area contributed by atoms with E-state index in [-0.39, 0.29) is 22.9 Å². The number of amides is 3. The van der Waals surface area contributed by atoms with Gasteiger partial charge in [-0.15, -0.1) is 0 Å². The quantitative estimate of drug-likeness (QED) is 0.833. The minimum absolute atomic E-state index is 0.0356. The molecule has 0 bridgehead atoms. The third kappa shape index (κ3) is 6.26. The fraction of sp³-hybridized carbons (Fsp3) is 0.867. The van der Waals surface area contributed by atoms with Gasteiger partial charge in [-0.05, 0) is 40.0 Å². The Morgan fingerprint density at radius 2 is 1.45 bits per heavy atom. The molecular weight excluding hydrogens is 254 g/mol. The van der Waals surface area contributed by atoms with E-state index in [9.17, 15) is 9.59 Å². The molecule has 0 aromatic carbocycles. The summed E-state index contributed by atoms with van der Waals surface area (Å²) in [5, 5.41) is 5.65. The van der Waals surface area contributed by atoms with Crippen molar-refractivity contribution in [3.8, 4) is 0 Å². The fourth-order valence-corrected chi connectivity index (χ4v) is 1.87. The standard InChI is InChI=1S/C15H31N3O2/c1-9-18(10-2)12(19)11(14(3,4)5)16-13(20)17-15(6,7)8/h11H,9-10H2,1-8H3,(H2,16,17,20). The third-order valence-corrected chi connectivity index (χ3v) is 2.95. The molecule has 5 nitrogen and oxygen atoms in total. The summed E-state index contributed by atoms with van der Waals surface area (Å²) in [7, 11) is 0. The summed E-state index contributed by atoms with van der Waals surface area (Å²) in [6, 6.07) is -0.845. The Labute approximate surface area is 123 Å². The molecule has 118 valence electrons. The Morgan fingerprint density at radius 3 is 1.75 bits per heavy atom. The first-order valence-electron chi connectivity index (χ1n) is 7.29. The molecule has 0 fully saturated rings. The van der Waals surface area contributed by atoms with Gasteiger partial charge in [0.2, 0.25) is 5.91 Å². The Bertz CT molecular complexity index is 336. The molecule has 0 spiro atoms. The van der Waals surface area contributed by atoms with E-state index in [1.54, 1.807) is 4.90 Å². The molecule has 0 aliphatic rings. The van der Waals surface area contributed by atoms with Crippen LogP contribution in [-0.2, 0) is 4.79 Å². The van der Waals surface area contributed by atoms with Crippen LogP contribution in [0.1, 0.15) is 55.4 Å². The molecule has 0 radical (unpaired) electrons. The molecule has 1 unspecified atom stereocenters. The van der Waals surface area contributed by atoms with Gasteiger partial charge in [-0.25, -0.2) is 4.79 Å². The van der Waals surface area contributed by atoms with E-state index in [1.807, 2.05) is 55.4 Å². The summed E-state index contributed by atoms with van der Waals surface area (Å²) in [4.78, 5) is 26.3. The van der Waals surface area contributed by atoms with Gasteiger partial charge in [-0.1, -0.05) is 20.8 Å². The van der Waals surface area contributed by atoms with Crippen molar-refractivity contribution in [3.05, 3.63) is 0 Å². The van der Waals surface area contributed by atoms with Crippen molar-refractivity contribution in [2.24, 2.45) is 5.41 Å². The largest absolute Gasteiger partial charge is 0.341 e. The van der Waals surface area contributed by atoms with Gasteiger partial charge in [-0.3, -0.25) is 4.79 Å². The molecule has 1 atom stereocenters. The van der Waals surface area contributed by atoms with Gasteiger partial charge in [0, 0.05) is 18.6 Å². The Morgan fingerprint density at radius 1 is 1.00 bits per heavy atom. The molecular formula is C15H31N3O2. The normalized spacial score (nSPS) is 13.6. The van der Waals surface area contributed by atoms with Crippen molar-refractivity contribution >= 4 is 11.9 Å². The van der Waals surface area contributed by atoms with Gasteiger partial charge < -0.3 is 15.5 Å². The van der Waals surface area contributed by atoms with Crippen LogP contribution in [0.2, 0.25) is 0 Å². The highest BCUT2D eigenvalue weighted by atomic mass is 16.2. The maximum absolute atomic E-state index is 12.5. The summed E-state index contributed by atoms with van der Waals surface area (Å²) in [6.45, 7) is 16.8. The van der Waals surface area contributed by atoms with Crippen molar-refractivity contribution in [2.45, 2.75) is 67.0 Å². The van der Waals surface area contributed by atoms with Gasteiger partial charge in [-0.2, -0.15) is 0 Å². The maximum Gasteiger partial charge on any atom is 0.315 e. The first kappa shape index (κ1) is 18.7. The molecule has 0 saturated carbocycles. The summed E-state index contributed by atoms with van der Waals surface area (Å²) in [6.07, 6.45) is 0. The minimum atomic E-state index is -0.537. The van der Waals surface area contributed by atoms with Crippen LogP contribution in [0, 0.1) is 5.41 Å². The number of hydrogen-bond donors (Lipinski definition) is 2. The van der Waals surface area contributed by atoms with Crippen molar-refractivity contribution < 1.29 is 9.59 Å². The van der Waals surface area contributed by atoms with Crippen molar-refractivity contribution in [3.63, 3.8) is 0 Å². The van der Waals surface area contributed by atoms with Crippen LogP contribution in [0.5, 0.6) is 0 Å². The monoisotopic (exact) mass is 285 g/mol. The molecule has 0 rings (SSSR count). The second-order valence-electron chi connectivity index (χ2n) is 7.16. The lowest BCUT2D eigenvalue weighted by atomic mass is 9.85. The second-order valence-corrected chi connectivity index (χ2v) is 7.16. The van der Waals surface area contributed by atoms with Gasteiger partial charge in [0.15, 0.2) is 0 Å². The average molecular weight is 285 g/mol. The number of urea groups is 1. The SMILES string of the molecule is CCN(CC)C(=O)C(NC(=O)NC(C)(C)C)C(C)(C)C. The number of nitrogens with zero attached hydrogens (tertiary/aromatic N) is 1. The van der Waals surface area contributed by atoms with E-state index in [4.69, 9.17) is 0 Å². The van der Waals surface area contributed by atoms with Crippen LogP contribution in [0.4, 0.5) is 4.79 Å². The Balaban J connectivity index is 5.01. The molecule has 2 N–H and O–H groups in total. The highest BCUT2D eigenvalue weighted by Gasteiger charge is 2.35. The lowest BCUT2D eigenvalue weighted by molar-refractivity contribution is -0.135. The number of likely N-dealkylation sites (N-methyl/N-ethyl adjacent to an activating group) is 1. The van der Waals surface area contributed by atoms with Crippen molar-refractivity contribution in [1.82, 2.24) is 15.5 Å². The molecule has 0 aliphatic carbocycles. The molecule has 20 heavy (non-hydrogen) atoms. The van der Waals surface area contributed by atoms with Crippen LogP contribution in [0.25, 0.3) is 0 Å². The van der Waals surface area contributed by atoms with E-state index in [2.05, 4.69) is 10.6 Å².